The molecule has 22 heavy (non-hydrogen) atoms. The summed E-state index contributed by atoms with van der Waals surface area (Å²) in [4.78, 5) is 26.0. The molecule has 1 aliphatic heterocycles. The lowest BCUT2D eigenvalue weighted by Crippen LogP contribution is -2.35. The van der Waals surface area contributed by atoms with Gasteiger partial charge in [-0.3, -0.25) is 9.59 Å². The molecule has 118 valence electrons. The molecule has 1 heterocycles. The van der Waals surface area contributed by atoms with Crippen LogP contribution in [0.2, 0.25) is 5.02 Å². The summed E-state index contributed by atoms with van der Waals surface area (Å²) in [5.74, 6) is 0.104. The topological polar surface area (TPSA) is 49.4 Å². The SMILES string of the molecule is CC1SC(c2ccccc2Cl)N(CCC(=O)NC2CC2)C1=O. The first kappa shape index (κ1) is 15.7. The molecule has 2 aliphatic rings. The summed E-state index contributed by atoms with van der Waals surface area (Å²) in [5.41, 5.74) is 0.939. The van der Waals surface area contributed by atoms with Crippen LogP contribution in [0.4, 0.5) is 0 Å². The highest BCUT2D eigenvalue weighted by Gasteiger charge is 2.39. The van der Waals surface area contributed by atoms with Crippen molar-refractivity contribution in [3.05, 3.63) is 34.9 Å². The van der Waals surface area contributed by atoms with Gasteiger partial charge in [-0.15, -0.1) is 11.8 Å². The van der Waals surface area contributed by atoms with E-state index in [1.54, 1.807) is 16.7 Å². The van der Waals surface area contributed by atoms with Gasteiger partial charge in [-0.2, -0.15) is 0 Å². The Kier molecular flexibility index (Phi) is 4.64. The first-order chi connectivity index (χ1) is 10.6. The number of nitrogens with one attached hydrogen (secondary N) is 1. The van der Waals surface area contributed by atoms with E-state index in [0.717, 1.165) is 18.4 Å². The maximum atomic E-state index is 12.4. The minimum Gasteiger partial charge on any atom is -0.353 e. The average Bonchev–Trinajstić information content (AvgIpc) is 3.25. The maximum absolute atomic E-state index is 12.4. The number of carbonyl (C=O) groups excluding carboxylic acids is 2. The van der Waals surface area contributed by atoms with Crippen LogP contribution in [0.1, 0.15) is 37.1 Å². The van der Waals surface area contributed by atoms with Crippen molar-refractivity contribution < 1.29 is 9.59 Å². The Morgan fingerprint density at radius 3 is 2.82 bits per heavy atom. The van der Waals surface area contributed by atoms with Crippen molar-refractivity contribution in [1.82, 2.24) is 10.2 Å². The van der Waals surface area contributed by atoms with Crippen molar-refractivity contribution in [2.75, 3.05) is 6.54 Å². The van der Waals surface area contributed by atoms with Gasteiger partial charge in [0.25, 0.3) is 0 Å². The smallest absolute Gasteiger partial charge is 0.236 e. The summed E-state index contributed by atoms with van der Waals surface area (Å²) >= 11 is 7.86. The van der Waals surface area contributed by atoms with Crippen LogP contribution >= 0.6 is 23.4 Å². The predicted molar refractivity (Wildman–Crippen MR) is 88.7 cm³/mol. The molecular weight excluding hydrogens is 320 g/mol. The summed E-state index contributed by atoms with van der Waals surface area (Å²) in [6.45, 7) is 2.34. The Labute approximate surface area is 139 Å². The molecule has 0 bridgehead atoms. The summed E-state index contributed by atoms with van der Waals surface area (Å²) < 4.78 is 0. The first-order valence-electron chi connectivity index (χ1n) is 7.56. The first-order valence-corrected chi connectivity index (χ1v) is 8.88. The number of halogens is 1. The molecule has 4 nitrogen and oxygen atoms in total. The van der Waals surface area contributed by atoms with Crippen LogP contribution in [0, 0.1) is 0 Å². The zero-order valence-corrected chi connectivity index (χ0v) is 14.0. The molecule has 0 spiro atoms. The normalized spacial score (nSPS) is 24.6. The molecule has 1 N–H and O–H groups in total. The fourth-order valence-electron chi connectivity index (χ4n) is 2.57. The van der Waals surface area contributed by atoms with Gasteiger partial charge in [0.2, 0.25) is 11.8 Å². The lowest BCUT2D eigenvalue weighted by Gasteiger charge is -2.24. The second-order valence-corrected chi connectivity index (χ2v) is 7.61. The minimum absolute atomic E-state index is 0.0257. The quantitative estimate of drug-likeness (QED) is 0.898. The Hall–Kier alpha value is -1.20. The molecule has 2 amide bonds. The lowest BCUT2D eigenvalue weighted by molar-refractivity contribution is -0.130. The highest BCUT2D eigenvalue weighted by molar-refractivity contribution is 8.01. The number of thioether (sulfide) groups is 1. The molecule has 1 aromatic carbocycles. The Bertz CT molecular complexity index is 591. The van der Waals surface area contributed by atoms with Gasteiger partial charge in [0.1, 0.15) is 5.37 Å². The predicted octanol–water partition coefficient (Wildman–Crippen LogP) is 2.97. The largest absolute Gasteiger partial charge is 0.353 e. The van der Waals surface area contributed by atoms with Crippen molar-refractivity contribution in [1.29, 1.82) is 0 Å². The van der Waals surface area contributed by atoms with Gasteiger partial charge in [0.05, 0.1) is 5.25 Å². The summed E-state index contributed by atoms with van der Waals surface area (Å²) in [6, 6.07) is 7.94. The zero-order chi connectivity index (χ0) is 15.7. The summed E-state index contributed by atoms with van der Waals surface area (Å²) in [6.07, 6.45) is 2.49. The molecule has 3 rings (SSSR count). The number of benzene rings is 1. The monoisotopic (exact) mass is 338 g/mol. The number of amides is 2. The van der Waals surface area contributed by atoms with E-state index < -0.39 is 0 Å². The van der Waals surface area contributed by atoms with Gasteiger partial charge in [0.15, 0.2) is 0 Å². The molecule has 6 heteroatoms. The molecule has 2 atom stereocenters. The highest BCUT2D eigenvalue weighted by atomic mass is 35.5. The van der Waals surface area contributed by atoms with Gasteiger partial charge in [-0.05, 0) is 25.8 Å². The number of hydrogen-bond donors (Lipinski definition) is 1. The van der Waals surface area contributed by atoms with Crippen LogP contribution in [-0.2, 0) is 9.59 Å². The van der Waals surface area contributed by atoms with Crippen molar-refractivity contribution in [3.63, 3.8) is 0 Å². The summed E-state index contributed by atoms with van der Waals surface area (Å²) in [5, 5.41) is 3.41. The molecule has 1 aliphatic carbocycles. The third-order valence-electron chi connectivity index (χ3n) is 3.94. The maximum Gasteiger partial charge on any atom is 0.236 e. The molecule has 2 unspecified atom stereocenters. The van der Waals surface area contributed by atoms with Gasteiger partial charge < -0.3 is 10.2 Å². The second-order valence-electron chi connectivity index (χ2n) is 5.78. The number of hydrogen-bond acceptors (Lipinski definition) is 3. The van der Waals surface area contributed by atoms with E-state index in [4.69, 9.17) is 11.6 Å². The standard InChI is InChI=1S/C16H19ClN2O2S/c1-10-15(21)19(9-8-14(20)18-11-6-7-11)16(22-10)12-4-2-3-5-13(12)17/h2-5,10-11,16H,6-9H2,1H3,(H,18,20). The number of nitrogens with zero attached hydrogens (tertiary/aromatic N) is 1. The molecule has 0 aromatic heterocycles. The van der Waals surface area contributed by atoms with E-state index in [1.807, 2.05) is 31.2 Å². The molecule has 0 radical (unpaired) electrons. The van der Waals surface area contributed by atoms with E-state index in [2.05, 4.69) is 5.32 Å². The molecular formula is C16H19ClN2O2S. The van der Waals surface area contributed by atoms with Gasteiger partial charge in [0, 0.05) is 29.6 Å². The highest BCUT2D eigenvalue weighted by Crippen LogP contribution is 2.44. The fourth-order valence-corrected chi connectivity index (χ4v) is 4.22. The van der Waals surface area contributed by atoms with E-state index in [-0.39, 0.29) is 22.4 Å². The molecule has 1 saturated heterocycles. The van der Waals surface area contributed by atoms with Crippen LogP contribution in [0.25, 0.3) is 0 Å². The third-order valence-corrected chi connectivity index (χ3v) is 5.66. The van der Waals surface area contributed by atoms with E-state index in [1.165, 1.54) is 0 Å². The fraction of sp³-hybridized carbons (Fsp3) is 0.500. The molecule has 2 fully saturated rings. The van der Waals surface area contributed by atoms with Gasteiger partial charge in [-0.25, -0.2) is 0 Å². The second kappa shape index (κ2) is 6.50. The average molecular weight is 339 g/mol. The Morgan fingerprint density at radius 2 is 2.14 bits per heavy atom. The van der Waals surface area contributed by atoms with Crippen LogP contribution in [0.3, 0.4) is 0 Å². The van der Waals surface area contributed by atoms with Crippen LogP contribution in [-0.4, -0.2) is 34.6 Å². The Morgan fingerprint density at radius 1 is 1.41 bits per heavy atom. The summed E-state index contributed by atoms with van der Waals surface area (Å²) in [7, 11) is 0. The Balaban J connectivity index is 1.69. The number of rotatable bonds is 5. The van der Waals surface area contributed by atoms with E-state index >= 15 is 0 Å². The van der Waals surface area contributed by atoms with Crippen LogP contribution < -0.4 is 5.32 Å². The van der Waals surface area contributed by atoms with Crippen molar-refractivity contribution in [2.45, 2.75) is 42.9 Å². The molecule has 1 aromatic rings. The zero-order valence-electron chi connectivity index (χ0n) is 12.4. The third kappa shape index (κ3) is 3.41. The number of carbonyl (C=O) groups is 2. The van der Waals surface area contributed by atoms with Crippen LogP contribution in [0.5, 0.6) is 0 Å². The van der Waals surface area contributed by atoms with Crippen molar-refractivity contribution in [3.8, 4) is 0 Å². The van der Waals surface area contributed by atoms with Gasteiger partial charge in [-0.1, -0.05) is 29.8 Å². The molecule has 1 saturated carbocycles. The lowest BCUT2D eigenvalue weighted by atomic mass is 10.2. The van der Waals surface area contributed by atoms with E-state index in [9.17, 15) is 9.59 Å². The minimum atomic E-state index is -0.107. The van der Waals surface area contributed by atoms with Crippen molar-refractivity contribution >= 4 is 35.2 Å². The van der Waals surface area contributed by atoms with Crippen LogP contribution in [0.15, 0.2) is 24.3 Å². The van der Waals surface area contributed by atoms with Crippen molar-refractivity contribution in [2.24, 2.45) is 0 Å². The van der Waals surface area contributed by atoms with Gasteiger partial charge >= 0.3 is 0 Å². The van der Waals surface area contributed by atoms with E-state index in [0.29, 0.717) is 24.0 Å².